The molecule has 0 atom stereocenters. The molecule has 5 nitrogen and oxygen atoms in total. The lowest BCUT2D eigenvalue weighted by Gasteiger charge is -2.21. The molecule has 1 aromatic carbocycles. The number of sulfonamides is 1. The molecule has 1 rings (SSSR count). The van der Waals surface area contributed by atoms with Crippen LogP contribution in [0.4, 0.5) is 0 Å². The molecule has 0 saturated heterocycles. The molecule has 1 N–H and O–H groups in total. The molecule has 1 aromatic rings. The van der Waals surface area contributed by atoms with E-state index in [-0.39, 0.29) is 17.3 Å². The number of benzene rings is 1. The number of nitrogens with zero attached hydrogens (tertiary/aromatic N) is 1. The number of carbonyl (C=O) groups excluding carboxylic acids is 1. The average molecular weight is 347 g/mol. The molecule has 22 heavy (non-hydrogen) atoms. The normalized spacial score (nSPS) is 11.4. The van der Waals surface area contributed by atoms with Crippen molar-refractivity contribution in [3.8, 4) is 0 Å². The van der Waals surface area contributed by atoms with Gasteiger partial charge < -0.3 is 4.90 Å². The summed E-state index contributed by atoms with van der Waals surface area (Å²) in [7, 11) is -3.57. The minimum absolute atomic E-state index is 0.0400. The first-order chi connectivity index (χ1) is 10.4. The first-order valence-corrected chi connectivity index (χ1v) is 9.23. The Bertz CT molecular complexity index is 573. The molecule has 0 radical (unpaired) electrons. The van der Waals surface area contributed by atoms with Crippen molar-refractivity contribution >= 4 is 27.5 Å². The molecule has 0 aliphatic rings. The fraction of sp³-hybridized carbons (Fsp3) is 0.533. The van der Waals surface area contributed by atoms with Crippen LogP contribution in [0.3, 0.4) is 0 Å². The van der Waals surface area contributed by atoms with Crippen LogP contribution < -0.4 is 4.72 Å². The zero-order chi connectivity index (χ0) is 16.6. The van der Waals surface area contributed by atoms with Crippen molar-refractivity contribution in [1.82, 2.24) is 9.62 Å². The van der Waals surface area contributed by atoms with E-state index in [4.69, 9.17) is 11.6 Å². The highest BCUT2D eigenvalue weighted by molar-refractivity contribution is 7.89. The number of hydrogen-bond acceptors (Lipinski definition) is 3. The van der Waals surface area contributed by atoms with Gasteiger partial charge in [0, 0.05) is 31.6 Å². The standard InChI is InChI=1S/C15H23ClN2O3S/c1-3-4-5-11-18(13(2)19)12-10-17-22(20,21)15-8-6-14(16)7-9-15/h6-9,17H,3-5,10-12H2,1-2H3. The summed E-state index contributed by atoms with van der Waals surface area (Å²) in [5.74, 6) is -0.0400. The zero-order valence-corrected chi connectivity index (χ0v) is 14.6. The number of carbonyl (C=O) groups is 1. The van der Waals surface area contributed by atoms with Gasteiger partial charge in [-0.2, -0.15) is 0 Å². The van der Waals surface area contributed by atoms with Crippen LogP contribution in [0.25, 0.3) is 0 Å². The van der Waals surface area contributed by atoms with Crippen LogP contribution in [0.5, 0.6) is 0 Å². The molecule has 0 aromatic heterocycles. The van der Waals surface area contributed by atoms with Crippen molar-refractivity contribution in [1.29, 1.82) is 0 Å². The Morgan fingerprint density at radius 1 is 1.18 bits per heavy atom. The van der Waals surface area contributed by atoms with Crippen LogP contribution in [-0.2, 0) is 14.8 Å². The molecule has 0 saturated carbocycles. The van der Waals surface area contributed by atoms with Gasteiger partial charge in [-0.05, 0) is 30.7 Å². The third-order valence-corrected chi connectivity index (χ3v) is 5.00. The minimum Gasteiger partial charge on any atom is -0.342 e. The predicted molar refractivity (Wildman–Crippen MR) is 88.4 cm³/mol. The zero-order valence-electron chi connectivity index (χ0n) is 13.0. The van der Waals surface area contributed by atoms with Crippen molar-refractivity contribution in [3.63, 3.8) is 0 Å². The summed E-state index contributed by atoms with van der Waals surface area (Å²) in [6, 6.07) is 5.97. The fourth-order valence-corrected chi connectivity index (χ4v) is 3.14. The summed E-state index contributed by atoms with van der Waals surface area (Å²) in [5.41, 5.74) is 0. The maximum absolute atomic E-state index is 12.1. The summed E-state index contributed by atoms with van der Waals surface area (Å²) in [4.78, 5) is 13.4. The number of amides is 1. The van der Waals surface area contributed by atoms with E-state index < -0.39 is 10.0 Å². The number of rotatable bonds is 9. The maximum Gasteiger partial charge on any atom is 0.240 e. The molecule has 0 aliphatic carbocycles. The van der Waals surface area contributed by atoms with Crippen LogP contribution in [0, 0.1) is 0 Å². The van der Waals surface area contributed by atoms with E-state index in [1.807, 2.05) is 0 Å². The third-order valence-electron chi connectivity index (χ3n) is 3.27. The van der Waals surface area contributed by atoms with Crippen LogP contribution >= 0.6 is 11.6 Å². The lowest BCUT2D eigenvalue weighted by atomic mass is 10.2. The number of unbranched alkanes of at least 4 members (excludes halogenated alkanes) is 2. The van der Waals surface area contributed by atoms with Crippen LogP contribution in [0.15, 0.2) is 29.2 Å². The van der Waals surface area contributed by atoms with Crippen molar-refractivity contribution in [2.45, 2.75) is 38.0 Å². The van der Waals surface area contributed by atoms with Gasteiger partial charge in [-0.25, -0.2) is 13.1 Å². The number of nitrogens with one attached hydrogen (secondary N) is 1. The molecule has 0 spiro atoms. The molecule has 1 amide bonds. The molecule has 0 bridgehead atoms. The van der Waals surface area contributed by atoms with Gasteiger partial charge in [0.05, 0.1) is 4.90 Å². The van der Waals surface area contributed by atoms with E-state index in [2.05, 4.69) is 11.6 Å². The second kappa shape index (κ2) is 9.12. The molecule has 0 heterocycles. The summed E-state index contributed by atoms with van der Waals surface area (Å²) in [6.45, 7) is 4.81. The average Bonchev–Trinajstić information content (AvgIpc) is 2.46. The Morgan fingerprint density at radius 2 is 1.82 bits per heavy atom. The Balaban J connectivity index is 2.52. The predicted octanol–water partition coefficient (Wildman–Crippen LogP) is 2.66. The van der Waals surface area contributed by atoms with Crippen molar-refractivity contribution in [2.75, 3.05) is 19.6 Å². The third kappa shape index (κ3) is 6.34. The van der Waals surface area contributed by atoms with Crippen LogP contribution in [0.2, 0.25) is 5.02 Å². The molecule has 0 fully saturated rings. The second-order valence-corrected chi connectivity index (χ2v) is 7.27. The minimum atomic E-state index is -3.57. The molecule has 0 aliphatic heterocycles. The molecule has 0 unspecified atom stereocenters. The Kier molecular flexibility index (Phi) is 7.85. The Labute approximate surface area is 137 Å². The molecule has 124 valence electrons. The Hall–Kier alpha value is -1.11. The van der Waals surface area contributed by atoms with E-state index in [9.17, 15) is 13.2 Å². The van der Waals surface area contributed by atoms with Gasteiger partial charge in [0.15, 0.2) is 0 Å². The largest absolute Gasteiger partial charge is 0.342 e. The highest BCUT2D eigenvalue weighted by Gasteiger charge is 2.14. The van der Waals surface area contributed by atoms with E-state index in [0.29, 0.717) is 18.1 Å². The second-order valence-electron chi connectivity index (χ2n) is 5.06. The van der Waals surface area contributed by atoms with Crippen molar-refractivity contribution in [2.24, 2.45) is 0 Å². The maximum atomic E-state index is 12.1. The van der Waals surface area contributed by atoms with E-state index in [0.717, 1.165) is 19.3 Å². The van der Waals surface area contributed by atoms with Gasteiger partial charge in [0.25, 0.3) is 0 Å². The lowest BCUT2D eigenvalue weighted by molar-refractivity contribution is -0.128. The summed E-state index contributed by atoms with van der Waals surface area (Å²) < 4.78 is 26.7. The van der Waals surface area contributed by atoms with Gasteiger partial charge in [-0.3, -0.25) is 4.79 Å². The highest BCUT2D eigenvalue weighted by atomic mass is 35.5. The van der Waals surface area contributed by atoms with Gasteiger partial charge in [-0.15, -0.1) is 0 Å². The number of halogens is 1. The highest BCUT2D eigenvalue weighted by Crippen LogP contribution is 2.13. The van der Waals surface area contributed by atoms with Gasteiger partial charge in [0.1, 0.15) is 0 Å². The fourth-order valence-electron chi connectivity index (χ4n) is 1.99. The van der Waals surface area contributed by atoms with Crippen molar-refractivity contribution < 1.29 is 13.2 Å². The van der Waals surface area contributed by atoms with Gasteiger partial charge in [0.2, 0.25) is 15.9 Å². The molecular weight excluding hydrogens is 324 g/mol. The number of hydrogen-bond donors (Lipinski definition) is 1. The van der Waals surface area contributed by atoms with Crippen LogP contribution in [-0.4, -0.2) is 38.9 Å². The summed E-state index contributed by atoms with van der Waals surface area (Å²) in [5, 5.41) is 0.484. The monoisotopic (exact) mass is 346 g/mol. The summed E-state index contributed by atoms with van der Waals surface area (Å²) in [6.07, 6.45) is 3.06. The van der Waals surface area contributed by atoms with Gasteiger partial charge >= 0.3 is 0 Å². The lowest BCUT2D eigenvalue weighted by Crippen LogP contribution is -2.38. The van der Waals surface area contributed by atoms with Crippen LogP contribution in [0.1, 0.15) is 33.1 Å². The van der Waals surface area contributed by atoms with E-state index >= 15 is 0 Å². The van der Waals surface area contributed by atoms with E-state index in [1.54, 1.807) is 4.90 Å². The topological polar surface area (TPSA) is 66.5 Å². The summed E-state index contributed by atoms with van der Waals surface area (Å²) >= 11 is 5.74. The molecule has 7 heteroatoms. The van der Waals surface area contributed by atoms with E-state index in [1.165, 1.54) is 31.2 Å². The quantitative estimate of drug-likeness (QED) is 0.699. The van der Waals surface area contributed by atoms with Crippen molar-refractivity contribution in [3.05, 3.63) is 29.3 Å². The smallest absolute Gasteiger partial charge is 0.240 e. The first-order valence-electron chi connectivity index (χ1n) is 7.37. The Morgan fingerprint density at radius 3 is 2.36 bits per heavy atom. The van der Waals surface area contributed by atoms with Gasteiger partial charge in [-0.1, -0.05) is 31.4 Å². The molecular formula is C15H23ClN2O3S. The first kappa shape index (κ1) is 18.9. The SMILES string of the molecule is CCCCCN(CCNS(=O)(=O)c1ccc(Cl)cc1)C(C)=O.